The van der Waals surface area contributed by atoms with Crippen molar-refractivity contribution in [1.29, 1.82) is 0 Å². The molecule has 0 saturated carbocycles. The van der Waals surface area contributed by atoms with Crippen LogP contribution in [-0.4, -0.2) is 23.9 Å². The van der Waals surface area contributed by atoms with E-state index in [1.165, 1.54) is 12.1 Å². The standard InChI is InChI=1S/C17H15FN2O3/c1-4-14-15(19-3)13-9-10-11(18)7-6-8-12(10)20(13)16(23-14)17(21)22-5-2/h4,6-9,16H,1,3,5H2,2H3. The van der Waals surface area contributed by atoms with Crippen LogP contribution in [-0.2, 0) is 14.3 Å². The summed E-state index contributed by atoms with van der Waals surface area (Å²) in [5, 5.41) is 0.367. The Hall–Kier alpha value is -2.89. The Balaban J connectivity index is 2.32. The normalized spacial score (nSPS) is 16.7. The second-order valence-electron chi connectivity index (χ2n) is 4.87. The van der Waals surface area contributed by atoms with E-state index in [-0.39, 0.29) is 6.61 Å². The quantitative estimate of drug-likeness (QED) is 0.642. The first-order valence-corrected chi connectivity index (χ1v) is 7.09. The molecule has 1 aromatic heterocycles. The van der Waals surface area contributed by atoms with Crippen LogP contribution in [0, 0.1) is 5.82 Å². The third kappa shape index (κ3) is 2.23. The largest absolute Gasteiger partial charge is 0.462 e. The van der Waals surface area contributed by atoms with E-state index >= 15 is 0 Å². The molecule has 0 aliphatic carbocycles. The highest BCUT2D eigenvalue weighted by atomic mass is 19.1. The second kappa shape index (κ2) is 5.72. The van der Waals surface area contributed by atoms with Crippen molar-refractivity contribution >= 4 is 29.3 Å². The zero-order valence-corrected chi connectivity index (χ0v) is 12.6. The number of aromatic nitrogens is 1. The minimum Gasteiger partial charge on any atom is -0.462 e. The Morgan fingerprint density at radius 2 is 2.35 bits per heavy atom. The smallest absolute Gasteiger partial charge is 0.369 e. The molecule has 23 heavy (non-hydrogen) atoms. The third-order valence-electron chi connectivity index (χ3n) is 3.61. The molecular formula is C17H15FN2O3. The maximum atomic E-state index is 14.1. The summed E-state index contributed by atoms with van der Waals surface area (Å²) >= 11 is 0. The molecule has 3 rings (SSSR count). The Labute approximate surface area is 132 Å². The van der Waals surface area contributed by atoms with Crippen LogP contribution in [0.4, 0.5) is 4.39 Å². The van der Waals surface area contributed by atoms with Gasteiger partial charge < -0.3 is 9.47 Å². The molecule has 1 aliphatic rings. The number of carbonyl (C=O) groups excluding carboxylic acids is 1. The number of fused-ring (bicyclic) bond motifs is 3. The minimum absolute atomic E-state index is 0.210. The van der Waals surface area contributed by atoms with Crippen LogP contribution in [0.5, 0.6) is 0 Å². The highest BCUT2D eigenvalue weighted by molar-refractivity contribution is 5.90. The molecule has 2 heterocycles. The molecule has 5 nitrogen and oxygen atoms in total. The van der Waals surface area contributed by atoms with Crippen LogP contribution in [0.15, 0.2) is 47.7 Å². The summed E-state index contributed by atoms with van der Waals surface area (Å²) in [6.07, 6.45) is 0.371. The van der Waals surface area contributed by atoms with Crippen molar-refractivity contribution < 1.29 is 18.7 Å². The molecular weight excluding hydrogens is 299 g/mol. The van der Waals surface area contributed by atoms with Gasteiger partial charge in [0.1, 0.15) is 17.3 Å². The summed E-state index contributed by atoms with van der Waals surface area (Å²) < 4.78 is 26.4. The van der Waals surface area contributed by atoms with E-state index in [1.54, 1.807) is 29.7 Å². The van der Waals surface area contributed by atoms with Crippen LogP contribution in [0.2, 0.25) is 0 Å². The van der Waals surface area contributed by atoms with Gasteiger partial charge in [-0.25, -0.2) is 9.18 Å². The summed E-state index contributed by atoms with van der Waals surface area (Å²) in [5.41, 5.74) is 1.44. The SMILES string of the molecule is C=CC1=C(N=C)c2cc3c(F)cccc3n2C(C(=O)OCC)O1. The van der Waals surface area contributed by atoms with E-state index in [0.717, 1.165) is 0 Å². The van der Waals surface area contributed by atoms with Gasteiger partial charge in [0.2, 0.25) is 0 Å². The molecule has 1 atom stereocenters. The van der Waals surface area contributed by atoms with Crippen LogP contribution in [0.3, 0.4) is 0 Å². The number of allylic oxidation sites excluding steroid dienone is 1. The molecule has 1 aromatic carbocycles. The molecule has 1 aliphatic heterocycles. The molecule has 0 bridgehead atoms. The van der Waals surface area contributed by atoms with Crippen molar-refractivity contribution in [1.82, 2.24) is 4.57 Å². The van der Waals surface area contributed by atoms with Gasteiger partial charge in [-0.3, -0.25) is 9.56 Å². The second-order valence-corrected chi connectivity index (χ2v) is 4.87. The topological polar surface area (TPSA) is 52.8 Å². The van der Waals surface area contributed by atoms with Crippen molar-refractivity contribution in [2.75, 3.05) is 6.61 Å². The number of nitrogens with zero attached hydrogens (tertiary/aromatic N) is 2. The highest BCUT2D eigenvalue weighted by Crippen LogP contribution is 2.38. The first-order valence-electron chi connectivity index (χ1n) is 7.09. The fourth-order valence-electron chi connectivity index (χ4n) is 2.68. The van der Waals surface area contributed by atoms with Gasteiger partial charge >= 0.3 is 5.97 Å². The van der Waals surface area contributed by atoms with Gasteiger partial charge in [0.25, 0.3) is 6.23 Å². The lowest BCUT2D eigenvalue weighted by molar-refractivity contribution is -0.159. The van der Waals surface area contributed by atoms with Crippen molar-refractivity contribution in [3.63, 3.8) is 0 Å². The van der Waals surface area contributed by atoms with E-state index in [0.29, 0.717) is 28.1 Å². The van der Waals surface area contributed by atoms with Gasteiger partial charge in [0.15, 0.2) is 0 Å². The average Bonchev–Trinajstić information content (AvgIpc) is 2.94. The fraction of sp³-hybridized carbons (Fsp3) is 0.176. The highest BCUT2D eigenvalue weighted by Gasteiger charge is 2.34. The molecule has 0 N–H and O–H groups in total. The summed E-state index contributed by atoms with van der Waals surface area (Å²) in [5.74, 6) is -0.665. The van der Waals surface area contributed by atoms with E-state index in [2.05, 4.69) is 18.3 Å². The molecule has 6 heteroatoms. The summed E-state index contributed by atoms with van der Waals surface area (Å²) in [6.45, 7) is 9.10. The Bertz CT molecular complexity index is 851. The van der Waals surface area contributed by atoms with E-state index < -0.39 is 18.0 Å². The van der Waals surface area contributed by atoms with Crippen LogP contribution < -0.4 is 0 Å². The van der Waals surface area contributed by atoms with Crippen LogP contribution >= 0.6 is 0 Å². The monoisotopic (exact) mass is 314 g/mol. The number of aliphatic imine (C=N–C) groups is 1. The zero-order chi connectivity index (χ0) is 16.6. The molecule has 118 valence electrons. The minimum atomic E-state index is -1.07. The van der Waals surface area contributed by atoms with Crippen molar-refractivity contribution in [3.05, 3.63) is 54.2 Å². The summed E-state index contributed by atoms with van der Waals surface area (Å²) in [4.78, 5) is 16.2. The fourth-order valence-corrected chi connectivity index (χ4v) is 2.68. The zero-order valence-electron chi connectivity index (χ0n) is 12.6. The summed E-state index contributed by atoms with van der Waals surface area (Å²) in [7, 11) is 0. The first-order chi connectivity index (χ1) is 11.1. The number of carbonyl (C=O) groups is 1. The van der Waals surface area contributed by atoms with Gasteiger partial charge in [-0.15, -0.1) is 0 Å². The molecule has 0 radical (unpaired) electrons. The molecule has 0 fully saturated rings. The number of esters is 1. The van der Waals surface area contributed by atoms with E-state index in [1.807, 2.05) is 0 Å². The van der Waals surface area contributed by atoms with Gasteiger partial charge in [-0.1, -0.05) is 12.6 Å². The number of halogens is 1. The Morgan fingerprint density at radius 1 is 1.57 bits per heavy atom. The number of hydrogen-bond acceptors (Lipinski definition) is 4. The molecule has 0 amide bonds. The van der Waals surface area contributed by atoms with Crippen LogP contribution in [0.25, 0.3) is 16.6 Å². The Morgan fingerprint density at radius 3 is 3.00 bits per heavy atom. The van der Waals surface area contributed by atoms with Gasteiger partial charge in [0, 0.05) is 5.39 Å². The molecule has 0 saturated heterocycles. The van der Waals surface area contributed by atoms with Crippen molar-refractivity contribution in [2.45, 2.75) is 13.2 Å². The first kappa shape index (κ1) is 15.0. The molecule has 2 aromatic rings. The molecule has 1 unspecified atom stereocenters. The summed E-state index contributed by atoms with van der Waals surface area (Å²) in [6, 6.07) is 6.25. The van der Waals surface area contributed by atoms with Gasteiger partial charge in [-0.05, 0) is 37.9 Å². The predicted octanol–water partition coefficient (Wildman–Crippen LogP) is 3.43. The lowest BCUT2D eigenvalue weighted by atomic mass is 10.2. The number of benzene rings is 1. The van der Waals surface area contributed by atoms with E-state index in [4.69, 9.17) is 9.47 Å². The van der Waals surface area contributed by atoms with E-state index in [9.17, 15) is 9.18 Å². The predicted molar refractivity (Wildman–Crippen MR) is 85.3 cm³/mol. The maximum Gasteiger partial charge on any atom is 0.369 e. The van der Waals surface area contributed by atoms with Crippen molar-refractivity contribution in [3.8, 4) is 0 Å². The lowest BCUT2D eigenvalue weighted by Gasteiger charge is -2.27. The number of rotatable bonds is 4. The van der Waals surface area contributed by atoms with Gasteiger partial charge in [-0.2, -0.15) is 0 Å². The average molecular weight is 314 g/mol. The maximum absolute atomic E-state index is 14.1. The number of ether oxygens (including phenoxy) is 2. The van der Waals surface area contributed by atoms with Crippen LogP contribution in [0.1, 0.15) is 18.8 Å². The van der Waals surface area contributed by atoms with Gasteiger partial charge in [0.05, 0.1) is 17.8 Å². The Kier molecular flexibility index (Phi) is 3.73. The number of hydrogen-bond donors (Lipinski definition) is 0. The molecule has 0 spiro atoms. The lowest BCUT2D eigenvalue weighted by Crippen LogP contribution is -2.28. The third-order valence-corrected chi connectivity index (χ3v) is 3.61. The van der Waals surface area contributed by atoms with Crippen molar-refractivity contribution in [2.24, 2.45) is 4.99 Å².